The van der Waals surface area contributed by atoms with E-state index in [9.17, 15) is 33.6 Å². The molecule has 3 rings (SSSR count). The number of anilines is 1. The first kappa shape index (κ1) is 26.1. The van der Waals surface area contributed by atoms with Gasteiger partial charge in [0.05, 0.1) is 13.7 Å². The van der Waals surface area contributed by atoms with Crippen LogP contribution in [0.4, 0.5) is 5.95 Å². The normalized spacial score (nSPS) is 27.5. The minimum atomic E-state index is -5.73. The average molecular weight is 538 g/mol. The van der Waals surface area contributed by atoms with Gasteiger partial charge in [-0.2, -0.15) is 8.62 Å². The predicted octanol–water partition coefficient (Wildman–Crippen LogP) is -2.91. The van der Waals surface area contributed by atoms with Gasteiger partial charge in [-0.3, -0.25) is 18.9 Å². The van der Waals surface area contributed by atoms with Gasteiger partial charge < -0.3 is 40.3 Å². The minimum absolute atomic E-state index is 0.0245. The van der Waals surface area contributed by atoms with Gasteiger partial charge >= 0.3 is 29.1 Å². The fourth-order valence-corrected chi connectivity index (χ4v) is 6.05. The van der Waals surface area contributed by atoms with Crippen molar-refractivity contribution in [2.45, 2.75) is 24.5 Å². The largest absolute Gasteiger partial charge is 0.490 e. The minimum Gasteiger partial charge on any atom is -0.387 e. The summed E-state index contributed by atoms with van der Waals surface area (Å²) in [6, 6.07) is 0. The average Bonchev–Trinajstić information content (AvgIpc) is 3.07. The number of aliphatic hydroxyl groups excluding tert-OH is 2. The summed E-state index contributed by atoms with van der Waals surface area (Å²) >= 11 is 0. The monoisotopic (exact) mass is 538 g/mol. The van der Waals surface area contributed by atoms with E-state index in [-0.39, 0.29) is 17.1 Å². The first-order valence-electron chi connectivity index (χ1n) is 8.55. The number of nitrogen functional groups attached to an aromatic ring is 1. The molecule has 0 bridgehead atoms. The molecule has 0 aliphatic carbocycles. The molecule has 2 aromatic heterocycles. The van der Waals surface area contributed by atoms with Crippen LogP contribution in [0.2, 0.25) is 0 Å². The Bertz CT molecular complexity index is 1260. The molecule has 1 aliphatic rings. The molecule has 0 radical (unpaired) electrons. The van der Waals surface area contributed by atoms with Gasteiger partial charge in [0.15, 0.2) is 6.33 Å². The van der Waals surface area contributed by atoms with Crippen molar-refractivity contribution < 1.29 is 65.9 Å². The van der Waals surface area contributed by atoms with E-state index >= 15 is 0 Å². The number of nitrogens with two attached hydrogens (primary N) is 1. The summed E-state index contributed by atoms with van der Waals surface area (Å²) in [5.74, 6) is -0.246. The molecule has 9 N–H and O–H groups in total. The second kappa shape index (κ2) is 8.90. The van der Waals surface area contributed by atoms with Crippen LogP contribution in [-0.2, 0) is 38.6 Å². The predicted molar refractivity (Wildman–Crippen MR) is 102 cm³/mol. The van der Waals surface area contributed by atoms with Crippen molar-refractivity contribution in [2.75, 3.05) is 12.3 Å². The Morgan fingerprint density at radius 1 is 1.18 bits per heavy atom. The summed E-state index contributed by atoms with van der Waals surface area (Å²) < 4.78 is 53.3. The number of rotatable bonds is 8. The molecule has 19 nitrogen and oxygen atoms in total. The van der Waals surface area contributed by atoms with E-state index in [1.54, 1.807) is 0 Å². The Balaban J connectivity index is 1.76. The Morgan fingerprint density at radius 2 is 1.82 bits per heavy atom. The van der Waals surface area contributed by atoms with Crippen molar-refractivity contribution in [1.29, 1.82) is 0 Å². The van der Waals surface area contributed by atoms with E-state index in [4.69, 9.17) is 25.2 Å². The van der Waals surface area contributed by atoms with Crippen LogP contribution in [0.15, 0.2) is 11.1 Å². The number of fused-ring (bicyclic) bond motifs is 1. The molecule has 0 amide bonds. The lowest BCUT2D eigenvalue weighted by Gasteiger charge is -2.18. The van der Waals surface area contributed by atoms with Crippen LogP contribution in [0.5, 0.6) is 0 Å². The van der Waals surface area contributed by atoms with E-state index < -0.39 is 60.2 Å². The van der Waals surface area contributed by atoms with E-state index in [0.717, 1.165) is 0 Å². The molecule has 3 heterocycles. The van der Waals surface area contributed by atoms with E-state index in [0.29, 0.717) is 0 Å². The Morgan fingerprint density at radius 3 is 2.42 bits per heavy atom. The maximum atomic E-state index is 12.1. The number of aromatic nitrogens is 4. The number of aliphatic hydroxyl groups is 2. The molecule has 3 unspecified atom stereocenters. The first-order valence-corrected chi connectivity index (χ1v) is 13.1. The fourth-order valence-electron chi connectivity index (χ4n) is 3.02. The van der Waals surface area contributed by atoms with Gasteiger partial charge in [-0.05, 0) is 0 Å². The maximum absolute atomic E-state index is 12.1. The van der Waals surface area contributed by atoms with Crippen LogP contribution in [0, 0.1) is 0 Å². The van der Waals surface area contributed by atoms with Gasteiger partial charge in [0.2, 0.25) is 11.7 Å². The number of aryl methyl sites for hydroxylation is 1. The van der Waals surface area contributed by atoms with Gasteiger partial charge in [0, 0.05) is 0 Å². The second-order valence-corrected chi connectivity index (χ2v) is 11.1. The number of nitrogens with one attached hydrogen (secondary N) is 1. The van der Waals surface area contributed by atoms with Crippen molar-refractivity contribution in [3.05, 3.63) is 16.7 Å². The molecule has 33 heavy (non-hydrogen) atoms. The van der Waals surface area contributed by atoms with Crippen LogP contribution in [0.3, 0.4) is 0 Å². The molecule has 6 atom stereocenters. The standard InChI is InChI=1S/C11H18N5O14P3/c1-15-3-16(8-5(15)9(19)14-11(12)13-8)10-7(18)6(17)4(28-10)2-27-32(23,24)30-33(25,26)29-31(20,21)22/h3-4,6-7,10,17-18H,2H2,1H3,(H6-,12,13,14,19,20,21,22,23,24,25,26)/p+1/t4-,6-,7-,10?/m1/s1. The molecular formula is C11H19N5O14P3+. The summed E-state index contributed by atoms with van der Waals surface area (Å²) in [7, 11) is -15.3. The van der Waals surface area contributed by atoms with Crippen LogP contribution in [0.25, 0.3) is 11.2 Å². The fraction of sp³-hybridized carbons (Fsp3) is 0.545. The summed E-state index contributed by atoms with van der Waals surface area (Å²) in [6.45, 7) is -1.00. The molecule has 22 heteroatoms. The number of phosphoric ester groups is 1. The van der Waals surface area contributed by atoms with E-state index in [1.165, 1.54) is 22.5 Å². The molecular weight excluding hydrogens is 519 g/mol. The number of hydrogen-bond donors (Lipinski definition) is 8. The highest BCUT2D eigenvalue weighted by Gasteiger charge is 2.48. The van der Waals surface area contributed by atoms with Gasteiger partial charge in [-0.1, -0.05) is 4.98 Å². The molecule has 2 aromatic rings. The number of imidazole rings is 1. The number of ether oxygens (including phenoxy) is 1. The highest BCUT2D eigenvalue weighted by atomic mass is 31.3. The molecule has 0 saturated carbocycles. The van der Waals surface area contributed by atoms with Crippen molar-refractivity contribution in [1.82, 2.24) is 14.5 Å². The van der Waals surface area contributed by atoms with Crippen molar-refractivity contribution in [3.8, 4) is 0 Å². The third kappa shape index (κ3) is 5.93. The maximum Gasteiger partial charge on any atom is 0.490 e. The zero-order valence-corrected chi connectivity index (χ0v) is 19.0. The summed E-state index contributed by atoms with van der Waals surface area (Å²) in [5, 5.41) is 20.6. The topological polar surface area (TPSA) is 290 Å². The molecule has 1 saturated heterocycles. The number of nitrogens with zero attached hydrogens (tertiary/aromatic N) is 3. The van der Waals surface area contributed by atoms with Crippen molar-refractivity contribution >= 4 is 40.6 Å². The summed E-state index contributed by atoms with van der Waals surface area (Å²) in [5.41, 5.74) is 4.96. The van der Waals surface area contributed by atoms with Gasteiger partial charge in [-0.25, -0.2) is 18.3 Å². The Labute approximate surface area is 182 Å². The third-order valence-corrected chi connectivity index (χ3v) is 8.02. The van der Waals surface area contributed by atoms with Crippen LogP contribution < -0.4 is 15.9 Å². The summed E-state index contributed by atoms with van der Waals surface area (Å²) in [6.07, 6.45) is -5.00. The zero-order valence-electron chi connectivity index (χ0n) is 16.3. The SMILES string of the molecule is Cn1c[n+](C2O[C@H](COP(=O)(O)OP(=O)(O)OP(=O)(O)O)[C@@H](O)[C@H]2O)c2nc(N)[nH]c(=O)c21. The van der Waals surface area contributed by atoms with Gasteiger partial charge in [0.1, 0.15) is 18.3 Å². The number of aromatic amines is 1. The molecule has 0 aromatic carbocycles. The zero-order chi connectivity index (χ0) is 24.9. The highest BCUT2D eigenvalue weighted by molar-refractivity contribution is 7.66. The molecule has 0 spiro atoms. The van der Waals surface area contributed by atoms with E-state index in [1.807, 2.05) is 0 Å². The lowest BCUT2D eigenvalue weighted by molar-refractivity contribution is -0.745. The molecule has 1 aliphatic heterocycles. The highest BCUT2D eigenvalue weighted by Crippen LogP contribution is 2.66. The molecule has 1 fully saturated rings. The quantitative estimate of drug-likeness (QED) is 0.123. The second-order valence-electron chi connectivity index (χ2n) is 6.69. The van der Waals surface area contributed by atoms with Crippen molar-refractivity contribution in [2.24, 2.45) is 7.05 Å². The van der Waals surface area contributed by atoms with Gasteiger partial charge in [-0.15, -0.1) is 0 Å². The Kier molecular flexibility index (Phi) is 7.03. The van der Waals surface area contributed by atoms with Gasteiger partial charge in [0.25, 0.3) is 11.5 Å². The Hall–Kier alpha value is -1.56. The molecule has 186 valence electrons. The number of H-pyrrole nitrogens is 1. The van der Waals surface area contributed by atoms with Crippen LogP contribution in [0.1, 0.15) is 6.23 Å². The third-order valence-electron chi connectivity index (χ3n) is 4.22. The van der Waals surface area contributed by atoms with E-state index in [2.05, 4.69) is 23.1 Å². The number of phosphoric acid groups is 3. The summed E-state index contributed by atoms with van der Waals surface area (Å²) in [4.78, 5) is 54.1. The lowest BCUT2D eigenvalue weighted by atomic mass is 10.1. The number of hydrogen-bond acceptors (Lipinski definition) is 12. The lowest BCUT2D eigenvalue weighted by Crippen LogP contribution is -2.46. The van der Waals surface area contributed by atoms with Crippen molar-refractivity contribution in [3.63, 3.8) is 0 Å². The van der Waals surface area contributed by atoms with Crippen LogP contribution >= 0.6 is 23.5 Å². The first-order chi connectivity index (χ1) is 15.0. The van der Waals surface area contributed by atoms with Crippen LogP contribution in [-0.4, -0.2) is 69.2 Å². The smallest absolute Gasteiger partial charge is 0.387 e.